The number of Topliss-reactive ketones (excluding diaryl/α,β-unsaturated/α-hetero) is 1. The summed E-state index contributed by atoms with van der Waals surface area (Å²) in [6.07, 6.45) is -3.15. The molecular weight excluding hydrogens is 643 g/mol. The number of nitrogen functional groups attached to an aromatic ring is 2. The third kappa shape index (κ3) is 7.46. The van der Waals surface area contributed by atoms with Gasteiger partial charge in [0.2, 0.25) is 5.95 Å². The van der Waals surface area contributed by atoms with E-state index < -0.39 is 61.2 Å². The minimum Gasteiger partial charge on any atom is -0.388 e. The van der Waals surface area contributed by atoms with E-state index in [1.54, 1.807) is 13.8 Å². The molecule has 1 unspecified atom stereocenters. The van der Waals surface area contributed by atoms with E-state index in [2.05, 4.69) is 40.5 Å². The quantitative estimate of drug-likeness (QED) is 0.0899. The maximum atomic E-state index is 13.0. The molecular formula is C25H35N12O9P. The highest BCUT2D eigenvalue weighted by molar-refractivity contribution is 7.51. The predicted molar refractivity (Wildman–Crippen MR) is 165 cm³/mol. The van der Waals surface area contributed by atoms with E-state index >= 15 is 0 Å². The number of carbonyl (C=O) groups is 2. The van der Waals surface area contributed by atoms with Crippen LogP contribution in [-0.2, 0) is 18.9 Å². The van der Waals surface area contributed by atoms with Gasteiger partial charge in [-0.15, -0.1) is 0 Å². The lowest BCUT2D eigenvalue weighted by Gasteiger charge is -2.32. The Bertz CT molecular complexity index is 1820. The van der Waals surface area contributed by atoms with E-state index in [1.165, 1.54) is 22.1 Å². The maximum absolute atomic E-state index is 13.0. The van der Waals surface area contributed by atoms with Crippen molar-refractivity contribution in [2.75, 3.05) is 42.7 Å². The number of aliphatic hydroxyl groups excluding tert-OH is 2. The summed E-state index contributed by atoms with van der Waals surface area (Å²) in [5, 5.41) is 26.8. The van der Waals surface area contributed by atoms with Crippen LogP contribution in [0.15, 0.2) is 22.4 Å². The molecule has 5 rings (SSSR count). The molecule has 0 aliphatic carbocycles. The standard InChI is InChI=1S/C25H35N12O9P/c1-25(2)17(32-14-19(35-25)33-24(27)34-21(14)41)22(42)28-5-6-36(10-47(43,44)45)7-11(38)3-4-12-15(39)16(40)23(46-12)37-9-31-13-18(26)29-8-30-20(13)37/h8-9,12,15-16,23,39-40H,3-7,10H2,1-2H3,(H,28,42)(H2,26,29,30)(H2,43,44,45)(H4,27,33,34,35,41)/t12-,15?,16+,23-/m1/s1. The van der Waals surface area contributed by atoms with Crippen LogP contribution in [0.2, 0.25) is 0 Å². The molecule has 1 saturated heterocycles. The van der Waals surface area contributed by atoms with E-state index in [-0.39, 0.29) is 72.6 Å². The first-order chi connectivity index (χ1) is 22.0. The molecule has 0 radical (unpaired) electrons. The number of imidazole rings is 1. The average molecular weight is 679 g/mol. The Morgan fingerprint density at radius 2 is 1.94 bits per heavy atom. The van der Waals surface area contributed by atoms with Gasteiger partial charge in [-0.3, -0.25) is 33.4 Å². The van der Waals surface area contributed by atoms with Gasteiger partial charge < -0.3 is 46.8 Å². The Hall–Kier alpha value is -4.37. The van der Waals surface area contributed by atoms with Gasteiger partial charge in [0.05, 0.1) is 24.5 Å². The molecule has 0 bridgehead atoms. The van der Waals surface area contributed by atoms with Gasteiger partial charge in [-0.2, -0.15) is 4.98 Å². The lowest BCUT2D eigenvalue weighted by molar-refractivity contribution is -0.121. The molecule has 0 saturated carbocycles. The predicted octanol–water partition coefficient (Wildman–Crippen LogP) is -2.43. The summed E-state index contributed by atoms with van der Waals surface area (Å²) in [7, 11) is -4.61. The van der Waals surface area contributed by atoms with Crippen molar-refractivity contribution in [3.63, 3.8) is 0 Å². The lowest BCUT2D eigenvalue weighted by atomic mass is 9.95. The molecule has 2 aliphatic rings. The van der Waals surface area contributed by atoms with Crippen LogP contribution >= 0.6 is 7.60 Å². The molecule has 254 valence electrons. The largest absolute Gasteiger partial charge is 0.388 e. The van der Waals surface area contributed by atoms with Gasteiger partial charge in [-0.05, 0) is 20.3 Å². The number of aromatic nitrogens is 6. The monoisotopic (exact) mass is 678 g/mol. The van der Waals surface area contributed by atoms with Crippen LogP contribution < -0.4 is 27.7 Å². The molecule has 2 aliphatic heterocycles. The first kappa shape index (κ1) is 34.0. The molecule has 11 N–H and O–H groups in total. The summed E-state index contributed by atoms with van der Waals surface area (Å²) in [6, 6.07) is 0. The van der Waals surface area contributed by atoms with E-state index in [9.17, 15) is 38.9 Å². The normalized spacial score (nSPS) is 22.1. The summed E-state index contributed by atoms with van der Waals surface area (Å²) in [4.78, 5) is 81.2. The van der Waals surface area contributed by atoms with Crippen LogP contribution in [0.4, 0.5) is 23.3 Å². The molecule has 0 spiro atoms. The van der Waals surface area contributed by atoms with E-state index in [4.69, 9.17) is 16.2 Å². The number of hydrogen-bond acceptors (Lipinski definition) is 16. The molecule has 47 heavy (non-hydrogen) atoms. The SMILES string of the molecule is CC1(C)Nc2nc(N)[nH]c(=O)c2N=C1C(=O)NCCN(CC(=O)CC[C@H]1O[C@@H](n2cnc3c(N)ncnc32)[C@@H](O)C1O)CP(=O)(O)O. The summed E-state index contributed by atoms with van der Waals surface area (Å²) in [5.41, 5.74) is 10.1. The van der Waals surface area contributed by atoms with Crippen LogP contribution in [0.1, 0.15) is 32.9 Å². The highest BCUT2D eigenvalue weighted by Gasteiger charge is 2.44. The zero-order valence-electron chi connectivity index (χ0n) is 25.3. The number of nitrogens with one attached hydrogen (secondary N) is 3. The minimum atomic E-state index is -4.61. The zero-order valence-corrected chi connectivity index (χ0v) is 26.2. The number of anilines is 3. The fourth-order valence-electron chi connectivity index (χ4n) is 5.37. The second-order valence-electron chi connectivity index (χ2n) is 11.7. The summed E-state index contributed by atoms with van der Waals surface area (Å²) >= 11 is 0. The van der Waals surface area contributed by atoms with Crippen molar-refractivity contribution in [1.82, 2.24) is 39.7 Å². The fourth-order valence-corrected chi connectivity index (χ4v) is 6.14. The van der Waals surface area contributed by atoms with Gasteiger partial charge in [0.25, 0.3) is 11.5 Å². The summed E-state index contributed by atoms with van der Waals surface area (Å²) in [6.45, 7) is 2.64. The molecule has 3 aromatic rings. The Balaban J connectivity index is 1.18. The first-order valence-corrected chi connectivity index (χ1v) is 16.1. The van der Waals surface area contributed by atoms with Crippen molar-refractivity contribution in [3.8, 4) is 0 Å². The second kappa shape index (κ2) is 13.0. The van der Waals surface area contributed by atoms with Crippen molar-refractivity contribution in [2.45, 2.75) is 56.8 Å². The number of carbonyl (C=O) groups excluding carboxylic acids is 2. The maximum Gasteiger partial charge on any atom is 0.339 e. The number of rotatable bonds is 12. The van der Waals surface area contributed by atoms with Crippen molar-refractivity contribution in [3.05, 3.63) is 23.0 Å². The molecule has 5 heterocycles. The molecule has 0 aromatic carbocycles. The van der Waals surface area contributed by atoms with Gasteiger partial charge in [-0.25, -0.2) is 19.9 Å². The molecule has 21 nitrogen and oxygen atoms in total. The van der Waals surface area contributed by atoms with E-state index in [0.717, 1.165) is 0 Å². The Labute approximate surface area is 265 Å². The topological polar surface area (TPSA) is 322 Å². The Morgan fingerprint density at radius 3 is 2.66 bits per heavy atom. The number of ether oxygens (including phenoxy) is 1. The molecule has 1 fully saturated rings. The Kier molecular flexibility index (Phi) is 9.42. The fraction of sp³-hybridized carbons (Fsp3) is 0.520. The number of aliphatic imine (C=N–C) groups is 1. The number of amides is 1. The number of nitrogens with two attached hydrogens (primary N) is 2. The number of ketones is 1. The van der Waals surface area contributed by atoms with Gasteiger partial charge in [-0.1, -0.05) is 0 Å². The number of H-pyrrole nitrogens is 1. The number of aliphatic hydroxyl groups is 2. The van der Waals surface area contributed by atoms with Crippen LogP contribution in [0.5, 0.6) is 0 Å². The minimum absolute atomic E-state index is 0.0131. The average Bonchev–Trinajstić information content (AvgIpc) is 3.51. The van der Waals surface area contributed by atoms with Crippen molar-refractivity contribution in [1.29, 1.82) is 0 Å². The third-order valence-electron chi connectivity index (χ3n) is 7.58. The van der Waals surface area contributed by atoms with E-state index in [0.29, 0.717) is 0 Å². The van der Waals surface area contributed by atoms with Crippen LogP contribution in [0.3, 0.4) is 0 Å². The van der Waals surface area contributed by atoms with Gasteiger partial charge in [0, 0.05) is 19.5 Å². The van der Waals surface area contributed by atoms with Crippen LogP contribution in [0.25, 0.3) is 11.2 Å². The van der Waals surface area contributed by atoms with Gasteiger partial charge in [0.1, 0.15) is 41.8 Å². The molecule has 22 heteroatoms. The Morgan fingerprint density at radius 1 is 1.19 bits per heavy atom. The highest BCUT2D eigenvalue weighted by Crippen LogP contribution is 2.36. The summed E-state index contributed by atoms with van der Waals surface area (Å²) < 4.78 is 19.1. The van der Waals surface area contributed by atoms with Gasteiger partial charge >= 0.3 is 7.60 Å². The van der Waals surface area contributed by atoms with E-state index in [1.807, 2.05) is 0 Å². The van der Waals surface area contributed by atoms with Crippen molar-refractivity contribution >= 4 is 59.4 Å². The molecule has 1 amide bonds. The highest BCUT2D eigenvalue weighted by atomic mass is 31.2. The zero-order chi connectivity index (χ0) is 34.3. The molecule has 4 atom stereocenters. The number of aromatic amines is 1. The summed E-state index contributed by atoms with van der Waals surface area (Å²) in [5.74, 6) is -0.991. The lowest BCUT2D eigenvalue weighted by Crippen LogP contribution is -2.51. The van der Waals surface area contributed by atoms with Gasteiger partial charge in [0.15, 0.2) is 29.2 Å². The molecule has 3 aromatic heterocycles. The smallest absolute Gasteiger partial charge is 0.339 e. The number of hydrogen-bond donors (Lipinski definition) is 9. The first-order valence-electron chi connectivity index (χ1n) is 14.3. The van der Waals surface area contributed by atoms with Crippen LogP contribution in [0, 0.1) is 0 Å². The number of fused-ring (bicyclic) bond motifs is 2. The second-order valence-corrected chi connectivity index (χ2v) is 13.3. The third-order valence-corrected chi connectivity index (χ3v) is 8.35. The van der Waals surface area contributed by atoms with Crippen molar-refractivity contribution < 1.29 is 38.9 Å². The van der Waals surface area contributed by atoms with Crippen LogP contribution in [-0.4, -0.2) is 122 Å². The van der Waals surface area contributed by atoms with Crippen molar-refractivity contribution in [2.24, 2.45) is 4.99 Å². The number of nitrogens with zero attached hydrogens (tertiary/aromatic N) is 7.